The van der Waals surface area contributed by atoms with Gasteiger partial charge in [-0.2, -0.15) is 5.10 Å². The van der Waals surface area contributed by atoms with E-state index in [1.807, 2.05) is 54.9 Å². The summed E-state index contributed by atoms with van der Waals surface area (Å²) in [6.45, 7) is 5.20. The molecule has 1 aromatic carbocycles. The standard InChI is InChI=1S/C22H26N4O3/c1-16-14-17(2)26(25-16)12-7-11-23-21(27)19(15-18-8-4-3-5-9-18)24-22(28)20-10-6-13-29-20/h3-6,8-10,13-14,19H,7,11-12,15H2,1-2H3,(H,23,27)(H,24,28)/t19-/m1/s1. The maximum Gasteiger partial charge on any atom is 0.287 e. The Balaban J connectivity index is 1.57. The molecule has 7 heteroatoms. The Hall–Kier alpha value is -3.35. The first-order valence-electron chi connectivity index (χ1n) is 9.70. The lowest BCUT2D eigenvalue weighted by atomic mass is 10.0. The molecule has 0 aliphatic carbocycles. The van der Waals surface area contributed by atoms with E-state index in [0.29, 0.717) is 13.0 Å². The van der Waals surface area contributed by atoms with Crippen molar-refractivity contribution in [3.05, 3.63) is 77.5 Å². The van der Waals surface area contributed by atoms with Gasteiger partial charge in [-0.3, -0.25) is 14.3 Å². The third kappa shape index (κ3) is 5.81. The zero-order chi connectivity index (χ0) is 20.6. The summed E-state index contributed by atoms with van der Waals surface area (Å²) < 4.78 is 7.07. The predicted octanol–water partition coefficient (Wildman–Crippen LogP) is 2.64. The molecule has 0 unspecified atom stereocenters. The third-order valence-corrected chi connectivity index (χ3v) is 4.60. The average molecular weight is 394 g/mol. The van der Waals surface area contributed by atoms with Gasteiger partial charge in [-0.05, 0) is 44.0 Å². The number of rotatable bonds is 9. The molecule has 2 amide bonds. The molecule has 0 saturated carbocycles. The fourth-order valence-electron chi connectivity index (χ4n) is 3.16. The number of hydrogen-bond acceptors (Lipinski definition) is 4. The lowest BCUT2D eigenvalue weighted by Gasteiger charge is -2.18. The summed E-state index contributed by atoms with van der Waals surface area (Å²) in [6, 6.07) is 14.1. The Bertz CT molecular complexity index is 932. The van der Waals surface area contributed by atoms with Gasteiger partial charge in [0.2, 0.25) is 5.91 Å². The Kier molecular flexibility index (Phi) is 6.84. The summed E-state index contributed by atoms with van der Waals surface area (Å²) in [5.41, 5.74) is 3.05. The smallest absolute Gasteiger partial charge is 0.287 e. The number of amides is 2. The minimum absolute atomic E-state index is 0.181. The molecule has 0 spiro atoms. The van der Waals surface area contributed by atoms with Crippen LogP contribution in [0.25, 0.3) is 0 Å². The van der Waals surface area contributed by atoms with Crippen molar-refractivity contribution in [1.82, 2.24) is 20.4 Å². The van der Waals surface area contributed by atoms with E-state index in [-0.39, 0.29) is 11.7 Å². The summed E-state index contributed by atoms with van der Waals surface area (Å²) in [7, 11) is 0. The minimum Gasteiger partial charge on any atom is -0.459 e. The normalized spacial score (nSPS) is 11.8. The van der Waals surface area contributed by atoms with Gasteiger partial charge in [-0.1, -0.05) is 30.3 Å². The molecule has 0 bridgehead atoms. The Morgan fingerprint density at radius 3 is 2.59 bits per heavy atom. The molecule has 7 nitrogen and oxygen atoms in total. The highest BCUT2D eigenvalue weighted by Crippen LogP contribution is 2.07. The van der Waals surface area contributed by atoms with Crippen molar-refractivity contribution in [2.24, 2.45) is 0 Å². The summed E-state index contributed by atoms with van der Waals surface area (Å²) in [6.07, 6.45) is 2.58. The fraction of sp³-hybridized carbons (Fsp3) is 0.318. The highest BCUT2D eigenvalue weighted by Gasteiger charge is 2.22. The number of benzene rings is 1. The van der Waals surface area contributed by atoms with Crippen molar-refractivity contribution >= 4 is 11.8 Å². The van der Waals surface area contributed by atoms with Crippen molar-refractivity contribution < 1.29 is 14.0 Å². The fourth-order valence-corrected chi connectivity index (χ4v) is 3.16. The van der Waals surface area contributed by atoms with E-state index in [1.54, 1.807) is 12.1 Å². The van der Waals surface area contributed by atoms with E-state index in [2.05, 4.69) is 15.7 Å². The number of hydrogen-bond donors (Lipinski definition) is 2. The molecule has 0 aliphatic rings. The summed E-state index contributed by atoms with van der Waals surface area (Å²) in [5.74, 6) is -0.448. The lowest BCUT2D eigenvalue weighted by Crippen LogP contribution is -2.48. The second-order valence-corrected chi connectivity index (χ2v) is 6.99. The van der Waals surface area contributed by atoms with Gasteiger partial charge in [0.05, 0.1) is 12.0 Å². The molecule has 29 heavy (non-hydrogen) atoms. The van der Waals surface area contributed by atoms with E-state index >= 15 is 0 Å². The van der Waals surface area contributed by atoms with Gasteiger partial charge in [0, 0.05) is 25.2 Å². The minimum atomic E-state index is -0.691. The summed E-state index contributed by atoms with van der Waals surface area (Å²) in [5, 5.41) is 10.1. The maximum atomic E-state index is 12.8. The topological polar surface area (TPSA) is 89.2 Å². The average Bonchev–Trinajstić information content (AvgIpc) is 3.35. The van der Waals surface area contributed by atoms with E-state index < -0.39 is 11.9 Å². The van der Waals surface area contributed by atoms with Crippen LogP contribution in [-0.4, -0.2) is 34.2 Å². The van der Waals surface area contributed by atoms with Crippen LogP contribution in [0.2, 0.25) is 0 Å². The van der Waals surface area contributed by atoms with E-state index in [9.17, 15) is 9.59 Å². The number of carbonyl (C=O) groups excluding carboxylic acids is 2. The van der Waals surface area contributed by atoms with Crippen molar-refractivity contribution in [3.8, 4) is 0 Å². The number of furan rings is 1. The highest BCUT2D eigenvalue weighted by molar-refractivity contribution is 5.95. The van der Waals surface area contributed by atoms with Crippen molar-refractivity contribution in [1.29, 1.82) is 0 Å². The molecule has 1 atom stereocenters. The molecule has 0 fully saturated rings. The van der Waals surface area contributed by atoms with Gasteiger partial charge in [-0.25, -0.2) is 0 Å². The van der Waals surface area contributed by atoms with Gasteiger partial charge in [0.25, 0.3) is 5.91 Å². The number of aromatic nitrogens is 2. The molecule has 2 aromatic heterocycles. The first kappa shape index (κ1) is 20.4. The van der Waals surface area contributed by atoms with Crippen molar-refractivity contribution in [2.75, 3.05) is 6.54 Å². The summed E-state index contributed by atoms with van der Waals surface area (Å²) in [4.78, 5) is 25.1. The van der Waals surface area contributed by atoms with Crippen molar-refractivity contribution in [3.63, 3.8) is 0 Å². The Labute approximate surface area is 170 Å². The SMILES string of the molecule is Cc1cc(C)n(CCCNC(=O)[C@@H](Cc2ccccc2)NC(=O)c2ccco2)n1. The number of carbonyl (C=O) groups is 2. The van der Waals surface area contributed by atoms with E-state index in [0.717, 1.165) is 29.9 Å². The van der Waals surface area contributed by atoms with Crippen LogP contribution in [-0.2, 0) is 17.8 Å². The molecule has 0 aliphatic heterocycles. The molecule has 0 saturated heterocycles. The first-order chi connectivity index (χ1) is 14.0. The highest BCUT2D eigenvalue weighted by atomic mass is 16.3. The zero-order valence-corrected chi connectivity index (χ0v) is 16.7. The quantitative estimate of drug-likeness (QED) is 0.546. The largest absolute Gasteiger partial charge is 0.459 e. The number of nitrogens with one attached hydrogen (secondary N) is 2. The monoisotopic (exact) mass is 394 g/mol. The van der Waals surface area contributed by atoms with Gasteiger partial charge in [0.15, 0.2) is 5.76 Å². The van der Waals surface area contributed by atoms with Gasteiger partial charge in [-0.15, -0.1) is 0 Å². The number of aryl methyl sites for hydroxylation is 3. The van der Waals surface area contributed by atoms with E-state index in [1.165, 1.54) is 6.26 Å². The lowest BCUT2D eigenvalue weighted by molar-refractivity contribution is -0.122. The molecular weight excluding hydrogens is 368 g/mol. The van der Waals surface area contributed by atoms with E-state index in [4.69, 9.17) is 4.42 Å². The van der Waals surface area contributed by atoms with Gasteiger partial charge < -0.3 is 15.1 Å². The molecule has 152 valence electrons. The Morgan fingerprint density at radius 1 is 1.14 bits per heavy atom. The second-order valence-electron chi connectivity index (χ2n) is 6.99. The molecule has 3 aromatic rings. The molecule has 0 radical (unpaired) electrons. The van der Waals surface area contributed by atoms with Crippen LogP contribution in [0.5, 0.6) is 0 Å². The number of nitrogens with zero attached hydrogens (tertiary/aromatic N) is 2. The molecular formula is C22H26N4O3. The first-order valence-corrected chi connectivity index (χ1v) is 9.70. The third-order valence-electron chi connectivity index (χ3n) is 4.60. The van der Waals surface area contributed by atoms with Crippen LogP contribution in [0.1, 0.15) is 33.9 Å². The van der Waals surface area contributed by atoms with Crippen LogP contribution in [0.4, 0.5) is 0 Å². The van der Waals surface area contributed by atoms with Gasteiger partial charge in [0.1, 0.15) is 6.04 Å². The van der Waals surface area contributed by atoms with Crippen molar-refractivity contribution in [2.45, 2.75) is 39.3 Å². The van der Waals surface area contributed by atoms with Gasteiger partial charge >= 0.3 is 0 Å². The summed E-state index contributed by atoms with van der Waals surface area (Å²) >= 11 is 0. The maximum absolute atomic E-state index is 12.8. The van der Waals surface area contributed by atoms with Crippen LogP contribution in [0.15, 0.2) is 59.2 Å². The molecule has 3 rings (SSSR count). The predicted molar refractivity (Wildman–Crippen MR) is 109 cm³/mol. The Morgan fingerprint density at radius 2 is 1.93 bits per heavy atom. The van der Waals surface area contributed by atoms with Crippen LogP contribution in [0, 0.1) is 13.8 Å². The van der Waals surface area contributed by atoms with Crippen LogP contribution in [0.3, 0.4) is 0 Å². The second kappa shape index (κ2) is 9.73. The van der Waals surface area contributed by atoms with Crippen LogP contribution < -0.4 is 10.6 Å². The van der Waals surface area contributed by atoms with Crippen LogP contribution >= 0.6 is 0 Å². The zero-order valence-electron chi connectivity index (χ0n) is 16.7. The molecule has 2 N–H and O–H groups in total. The molecule has 2 heterocycles.